The maximum Gasteiger partial charge on any atom is 0.0399 e. The Balaban J connectivity index is 2.12. The van der Waals surface area contributed by atoms with Crippen molar-refractivity contribution in [1.82, 2.24) is 10.6 Å². The van der Waals surface area contributed by atoms with Crippen molar-refractivity contribution < 1.29 is 5.21 Å². The normalized spacial score (nSPS) is 25.3. The molecule has 0 spiro atoms. The van der Waals surface area contributed by atoms with Crippen LogP contribution in [0, 0.1) is 0 Å². The fraction of sp³-hybridized carbons (Fsp3) is 1.00. The number of rotatable bonds is 0. The van der Waals surface area contributed by atoms with Crippen LogP contribution < -0.4 is 5.43 Å². The molecule has 0 aromatic heterocycles. The van der Waals surface area contributed by atoms with Crippen LogP contribution in [0.1, 0.15) is 12.8 Å². The average molecular weight is 102 g/mol. The summed E-state index contributed by atoms with van der Waals surface area (Å²) >= 11 is 0. The van der Waals surface area contributed by atoms with E-state index in [1.54, 1.807) is 0 Å². The van der Waals surface area contributed by atoms with Crippen LogP contribution >= 0.6 is 0 Å². The number of nitrogens with one attached hydrogen (secondary N) is 1. The Kier molecular flexibility index (Phi) is 1.62. The van der Waals surface area contributed by atoms with Crippen LogP contribution in [0.5, 0.6) is 0 Å². The largest absolute Gasteiger partial charge is 0.299 e. The first-order valence-corrected chi connectivity index (χ1v) is 2.59. The standard InChI is InChI=1S/C4H10N2O/c7-6-4-2-1-3-5-6/h5,7H,1-4H2. The molecule has 1 aliphatic heterocycles. The van der Waals surface area contributed by atoms with Gasteiger partial charge < -0.3 is 0 Å². The predicted octanol–water partition coefficient (Wildman–Crippen LogP) is -0.0240. The van der Waals surface area contributed by atoms with Crippen molar-refractivity contribution in [1.29, 1.82) is 0 Å². The fourth-order valence-electron chi connectivity index (χ4n) is 0.674. The molecular formula is C4H10N2O. The topological polar surface area (TPSA) is 35.5 Å². The van der Waals surface area contributed by atoms with Gasteiger partial charge in [0.25, 0.3) is 0 Å². The molecule has 3 heteroatoms. The van der Waals surface area contributed by atoms with E-state index in [2.05, 4.69) is 5.43 Å². The third-order valence-corrected chi connectivity index (χ3v) is 1.09. The number of hydrogen-bond acceptors (Lipinski definition) is 3. The Morgan fingerprint density at radius 2 is 2.29 bits per heavy atom. The van der Waals surface area contributed by atoms with Gasteiger partial charge in [0.05, 0.1) is 0 Å². The first kappa shape index (κ1) is 5.03. The zero-order chi connectivity index (χ0) is 5.11. The van der Waals surface area contributed by atoms with Gasteiger partial charge in [0, 0.05) is 13.1 Å². The van der Waals surface area contributed by atoms with Crippen molar-refractivity contribution in [3.8, 4) is 0 Å². The summed E-state index contributed by atoms with van der Waals surface area (Å²) in [6.45, 7) is 1.68. The molecule has 1 aliphatic rings. The number of hydrazine groups is 1. The molecule has 0 aliphatic carbocycles. The second-order valence-corrected chi connectivity index (χ2v) is 1.74. The Bertz CT molecular complexity index is 51.7. The van der Waals surface area contributed by atoms with Gasteiger partial charge >= 0.3 is 0 Å². The maximum absolute atomic E-state index is 8.63. The van der Waals surface area contributed by atoms with Gasteiger partial charge in [-0.15, -0.1) is 5.17 Å². The van der Waals surface area contributed by atoms with Crippen LogP contribution in [0.2, 0.25) is 0 Å². The highest BCUT2D eigenvalue weighted by atomic mass is 16.5. The monoisotopic (exact) mass is 102 g/mol. The van der Waals surface area contributed by atoms with Crippen molar-refractivity contribution in [2.24, 2.45) is 0 Å². The lowest BCUT2D eigenvalue weighted by molar-refractivity contribution is -0.148. The number of nitrogens with zero attached hydrogens (tertiary/aromatic N) is 1. The molecule has 0 aromatic rings. The van der Waals surface area contributed by atoms with E-state index in [1.165, 1.54) is 6.42 Å². The lowest BCUT2D eigenvalue weighted by Gasteiger charge is -2.20. The molecule has 3 nitrogen and oxygen atoms in total. The van der Waals surface area contributed by atoms with Crippen molar-refractivity contribution in [3.05, 3.63) is 0 Å². The minimum atomic E-state index is 0.764. The van der Waals surface area contributed by atoms with Crippen LogP contribution in [0.3, 0.4) is 0 Å². The van der Waals surface area contributed by atoms with Crippen molar-refractivity contribution >= 4 is 0 Å². The van der Waals surface area contributed by atoms with E-state index >= 15 is 0 Å². The molecule has 0 atom stereocenters. The molecule has 1 heterocycles. The van der Waals surface area contributed by atoms with Gasteiger partial charge in [0.2, 0.25) is 0 Å². The zero-order valence-electron chi connectivity index (χ0n) is 4.22. The Morgan fingerprint density at radius 3 is 2.57 bits per heavy atom. The van der Waals surface area contributed by atoms with E-state index in [0.717, 1.165) is 24.7 Å². The Morgan fingerprint density at radius 1 is 1.43 bits per heavy atom. The first-order chi connectivity index (χ1) is 3.39. The second kappa shape index (κ2) is 2.26. The van der Waals surface area contributed by atoms with Crippen molar-refractivity contribution in [2.45, 2.75) is 12.8 Å². The highest BCUT2D eigenvalue weighted by Gasteiger charge is 2.02. The van der Waals surface area contributed by atoms with E-state index in [0.29, 0.717) is 0 Å². The Hall–Kier alpha value is -0.120. The van der Waals surface area contributed by atoms with Crippen molar-refractivity contribution in [3.63, 3.8) is 0 Å². The third-order valence-electron chi connectivity index (χ3n) is 1.09. The van der Waals surface area contributed by atoms with E-state index in [1.807, 2.05) is 0 Å². The summed E-state index contributed by atoms with van der Waals surface area (Å²) in [6.07, 6.45) is 2.28. The number of hydrogen-bond donors (Lipinski definition) is 2. The zero-order valence-corrected chi connectivity index (χ0v) is 4.22. The average Bonchev–Trinajstić information content (AvgIpc) is 1.69. The summed E-state index contributed by atoms with van der Waals surface area (Å²) in [5.74, 6) is 0. The summed E-state index contributed by atoms with van der Waals surface area (Å²) in [7, 11) is 0. The quantitative estimate of drug-likeness (QED) is 0.451. The first-order valence-electron chi connectivity index (χ1n) is 2.59. The molecular weight excluding hydrogens is 92.1 g/mol. The molecule has 1 rings (SSSR count). The lowest BCUT2D eigenvalue weighted by Crippen LogP contribution is -2.40. The van der Waals surface area contributed by atoms with Gasteiger partial charge in [0.1, 0.15) is 0 Å². The highest BCUT2D eigenvalue weighted by molar-refractivity contribution is 4.50. The van der Waals surface area contributed by atoms with Gasteiger partial charge in [-0.2, -0.15) is 0 Å². The van der Waals surface area contributed by atoms with Crippen LogP contribution in [0.15, 0.2) is 0 Å². The predicted molar refractivity (Wildman–Crippen MR) is 25.7 cm³/mol. The van der Waals surface area contributed by atoms with Gasteiger partial charge in [-0.1, -0.05) is 0 Å². The van der Waals surface area contributed by atoms with Gasteiger partial charge in [-0.3, -0.25) is 5.21 Å². The minimum Gasteiger partial charge on any atom is -0.299 e. The number of hydroxylamine groups is 1. The molecule has 1 fully saturated rings. The summed E-state index contributed by atoms with van der Waals surface area (Å²) in [5.41, 5.74) is 2.77. The van der Waals surface area contributed by atoms with E-state index < -0.39 is 0 Å². The molecule has 0 saturated carbocycles. The summed E-state index contributed by atoms with van der Waals surface area (Å²) in [5, 5.41) is 9.77. The molecule has 0 unspecified atom stereocenters. The maximum atomic E-state index is 8.63. The molecule has 2 N–H and O–H groups in total. The fourth-order valence-corrected chi connectivity index (χ4v) is 0.674. The molecule has 0 aromatic carbocycles. The Labute approximate surface area is 42.9 Å². The molecule has 0 radical (unpaired) electrons. The smallest absolute Gasteiger partial charge is 0.0399 e. The summed E-state index contributed by atoms with van der Waals surface area (Å²) in [4.78, 5) is 0. The molecule has 0 bridgehead atoms. The molecule has 42 valence electrons. The van der Waals surface area contributed by atoms with E-state index in [-0.39, 0.29) is 0 Å². The minimum absolute atomic E-state index is 0.764. The molecule has 0 amide bonds. The van der Waals surface area contributed by atoms with Gasteiger partial charge in [0.15, 0.2) is 0 Å². The summed E-state index contributed by atoms with van der Waals surface area (Å²) < 4.78 is 0. The lowest BCUT2D eigenvalue weighted by atomic mass is 10.3. The molecule has 7 heavy (non-hydrogen) atoms. The van der Waals surface area contributed by atoms with Crippen LogP contribution in [0.4, 0.5) is 0 Å². The van der Waals surface area contributed by atoms with Crippen LogP contribution in [-0.4, -0.2) is 23.5 Å². The van der Waals surface area contributed by atoms with Crippen molar-refractivity contribution in [2.75, 3.05) is 13.1 Å². The van der Waals surface area contributed by atoms with E-state index in [4.69, 9.17) is 5.21 Å². The van der Waals surface area contributed by atoms with E-state index in [9.17, 15) is 0 Å². The second-order valence-electron chi connectivity index (χ2n) is 1.74. The van der Waals surface area contributed by atoms with Crippen LogP contribution in [0.25, 0.3) is 0 Å². The van der Waals surface area contributed by atoms with Gasteiger partial charge in [-0.05, 0) is 12.8 Å². The van der Waals surface area contributed by atoms with Gasteiger partial charge in [-0.25, -0.2) is 5.43 Å². The summed E-state index contributed by atoms with van der Waals surface area (Å²) in [6, 6.07) is 0. The van der Waals surface area contributed by atoms with Crippen LogP contribution in [-0.2, 0) is 0 Å². The highest BCUT2D eigenvalue weighted by Crippen LogP contribution is 1.94. The molecule has 1 saturated heterocycles. The third kappa shape index (κ3) is 1.43. The SMILES string of the molecule is ON1CCCCN1.